The van der Waals surface area contributed by atoms with Crippen LogP contribution in [0.5, 0.6) is 0 Å². The summed E-state index contributed by atoms with van der Waals surface area (Å²) < 4.78 is 0. The highest BCUT2D eigenvalue weighted by atomic mass is 35.5. The number of halogens is 1. The van der Waals surface area contributed by atoms with E-state index in [4.69, 9.17) is 11.6 Å². The van der Waals surface area contributed by atoms with Gasteiger partial charge in [-0.15, -0.1) is 0 Å². The molecule has 2 aromatic carbocycles. The minimum atomic E-state index is -0.390. The van der Waals surface area contributed by atoms with Gasteiger partial charge in [-0.3, -0.25) is 9.59 Å². The molecule has 0 saturated carbocycles. The Kier molecular flexibility index (Phi) is 5.19. The molecule has 1 aromatic heterocycles. The van der Waals surface area contributed by atoms with Crippen LogP contribution in [-0.2, 0) is 13.0 Å². The van der Waals surface area contributed by atoms with Crippen LogP contribution >= 0.6 is 11.6 Å². The Hall–Kier alpha value is -2.59. The third-order valence-corrected chi connectivity index (χ3v) is 4.35. The summed E-state index contributed by atoms with van der Waals surface area (Å²) in [6, 6.07) is 13.0. The number of aryl methyl sites for hydroxylation is 1. The Bertz CT molecular complexity index is 962. The van der Waals surface area contributed by atoms with Gasteiger partial charge in [0.05, 0.1) is 0 Å². The maximum Gasteiger partial charge on any atom is 0.257 e. The maximum atomic E-state index is 12.7. The standard InChI is InChI=1S/C20H19ClN2O2/c1-2-3-13-6-9-18-16(10-13)19(24)17(12-22-18)20(25)23-11-14-4-7-15(21)8-5-14/h4-10,12H,2-3,11H2,1H3,(H,22,24)(H,23,25). The highest BCUT2D eigenvalue weighted by Crippen LogP contribution is 2.13. The quantitative estimate of drug-likeness (QED) is 0.725. The molecule has 0 atom stereocenters. The smallest absolute Gasteiger partial charge is 0.257 e. The van der Waals surface area contributed by atoms with Gasteiger partial charge in [-0.25, -0.2) is 0 Å². The lowest BCUT2D eigenvalue weighted by molar-refractivity contribution is 0.0949. The number of hydrogen-bond donors (Lipinski definition) is 2. The average molecular weight is 355 g/mol. The maximum absolute atomic E-state index is 12.7. The zero-order valence-electron chi connectivity index (χ0n) is 13.9. The number of pyridine rings is 1. The van der Waals surface area contributed by atoms with E-state index in [1.54, 1.807) is 12.1 Å². The lowest BCUT2D eigenvalue weighted by Gasteiger charge is -2.07. The van der Waals surface area contributed by atoms with Gasteiger partial charge in [0, 0.05) is 28.7 Å². The Morgan fingerprint density at radius 2 is 1.84 bits per heavy atom. The van der Waals surface area contributed by atoms with Crippen molar-refractivity contribution in [1.82, 2.24) is 10.3 Å². The van der Waals surface area contributed by atoms with Crippen molar-refractivity contribution in [3.8, 4) is 0 Å². The molecule has 4 nitrogen and oxygen atoms in total. The highest BCUT2D eigenvalue weighted by Gasteiger charge is 2.13. The molecule has 0 aliphatic heterocycles. The van der Waals surface area contributed by atoms with Crippen LogP contribution in [0.3, 0.4) is 0 Å². The molecule has 0 spiro atoms. The fourth-order valence-corrected chi connectivity index (χ4v) is 2.88. The minimum absolute atomic E-state index is 0.120. The Morgan fingerprint density at radius 1 is 1.12 bits per heavy atom. The third kappa shape index (κ3) is 3.91. The van der Waals surface area contributed by atoms with Gasteiger partial charge in [-0.1, -0.05) is 43.1 Å². The summed E-state index contributed by atoms with van der Waals surface area (Å²) in [5.74, 6) is -0.390. The number of nitrogens with one attached hydrogen (secondary N) is 2. The molecule has 0 aliphatic carbocycles. The molecule has 0 saturated heterocycles. The van der Waals surface area contributed by atoms with Gasteiger partial charge in [-0.2, -0.15) is 0 Å². The van der Waals surface area contributed by atoms with Crippen molar-refractivity contribution in [3.63, 3.8) is 0 Å². The number of carbonyl (C=O) groups is 1. The van der Waals surface area contributed by atoms with Crippen LogP contribution in [0.15, 0.2) is 53.5 Å². The number of fused-ring (bicyclic) bond motifs is 1. The van der Waals surface area contributed by atoms with Gasteiger partial charge < -0.3 is 10.3 Å². The first kappa shape index (κ1) is 17.2. The number of H-pyrrole nitrogens is 1. The Balaban J connectivity index is 1.84. The molecule has 0 radical (unpaired) electrons. The van der Waals surface area contributed by atoms with Crippen LogP contribution < -0.4 is 10.7 Å². The number of hydrogen-bond acceptors (Lipinski definition) is 2. The van der Waals surface area contributed by atoms with Gasteiger partial charge in [0.15, 0.2) is 0 Å². The molecule has 128 valence electrons. The summed E-state index contributed by atoms with van der Waals surface area (Å²) in [4.78, 5) is 28.1. The van der Waals surface area contributed by atoms with E-state index >= 15 is 0 Å². The van der Waals surface area contributed by atoms with E-state index in [0.29, 0.717) is 17.0 Å². The van der Waals surface area contributed by atoms with Crippen LogP contribution in [0.25, 0.3) is 10.9 Å². The predicted molar refractivity (Wildman–Crippen MR) is 101 cm³/mol. The second-order valence-electron chi connectivity index (χ2n) is 5.97. The molecule has 1 heterocycles. The molecule has 3 aromatic rings. The number of amides is 1. The van der Waals surface area contributed by atoms with E-state index in [-0.39, 0.29) is 16.9 Å². The van der Waals surface area contributed by atoms with Crippen LogP contribution in [0, 0.1) is 0 Å². The number of benzene rings is 2. The molecule has 0 fully saturated rings. The molecular weight excluding hydrogens is 336 g/mol. The highest BCUT2D eigenvalue weighted by molar-refractivity contribution is 6.30. The number of carbonyl (C=O) groups excluding carboxylic acids is 1. The molecule has 0 bridgehead atoms. The molecule has 2 N–H and O–H groups in total. The van der Waals surface area contributed by atoms with Gasteiger partial charge in [0.2, 0.25) is 5.43 Å². The summed E-state index contributed by atoms with van der Waals surface area (Å²) in [5, 5.41) is 3.97. The molecular formula is C20H19ClN2O2. The summed E-state index contributed by atoms with van der Waals surface area (Å²) in [5.41, 5.74) is 2.62. The summed E-state index contributed by atoms with van der Waals surface area (Å²) in [6.07, 6.45) is 3.38. The third-order valence-electron chi connectivity index (χ3n) is 4.09. The normalized spacial score (nSPS) is 10.8. The first-order chi connectivity index (χ1) is 12.1. The summed E-state index contributed by atoms with van der Waals surface area (Å²) in [7, 11) is 0. The molecule has 25 heavy (non-hydrogen) atoms. The van der Waals surface area contributed by atoms with E-state index in [2.05, 4.69) is 17.2 Å². The lowest BCUT2D eigenvalue weighted by atomic mass is 10.1. The van der Waals surface area contributed by atoms with E-state index in [0.717, 1.165) is 29.5 Å². The van der Waals surface area contributed by atoms with E-state index in [1.807, 2.05) is 30.3 Å². The van der Waals surface area contributed by atoms with Crippen molar-refractivity contribution in [2.75, 3.05) is 0 Å². The SMILES string of the molecule is CCCc1ccc2[nH]cc(C(=O)NCc3ccc(Cl)cc3)c(=O)c2c1. The van der Waals surface area contributed by atoms with Gasteiger partial charge in [0.1, 0.15) is 5.56 Å². The molecule has 3 rings (SSSR count). The van der Waals surface area contributed by atoms with Crippen LogP contribution in [0.4, 0.5) is 0 Å². The molecule has 1 amide bonds. The molecule has 5 heteroatoms. The van der Waals surface area contributed by atoms with Gasteiger partial charge >= 0.3 is 0 Å². The monoisotopic (exact) mass is 354 g/mol. The fraction of sp³-hybridized carbons (Fsp3) is 0.200. The van der Waals surface area contributed by atoms with Crippen molar-refractivity contribution in [2.24, 2.45) is 0 Å². The van der Waals surface area contributed by atoms with E-state index in [1.165, 1.54) is 6.20 Å². The first-order valence-corrected chi connectivity index (χ1v) is 8.63. The van der Waals surface area contributed by atoms with E-state index in [9.17, 15) is 9.59 Å². The molecule has 0 aliphatic rings. The van der Waals surface area contributed by atoms with Crippen LogP contribution in [0.2, 0.25) is 5.02 Å². The Morgan fingerprint density at radius 3 is 2.56 bits per heavy atom. The summed E-state index contributed by atoms with van der Waals surface area (Å²) >= 11 is 5.85. The second-order valence-corrected chi connectivity index (χ2v) is 6.41. The van der Waals surface area contributed by atoms with Crippen LogP contribution in [0.1, 0.15) is 34.8 Å². The Labute approximate surface area is 150 Å². The first-order valence-electron chi connectivity index (χ1n) is 8.25. The number of aromatic amines is 1. The van der Waals surface area contributed by atoms with E-state index < -0.39 is 0 Å². The van der Waals surface area contributed by atoms with Crippen molar-refractivity contribution in [3.05, 3.63) is 80.6 Å². The topological polar surface area (TPSA) is 62.0 Å². The van der Waals surface area contributed by atoms with Crippen molar-refractivity contribution in [2.45, 2.75) is 26.3 Å². The predicted octanol–water partition coefficient (Wildman–Crippen LogP) is 4.06. The number of rotatable bonds is 5. The second kappa shape index (κ2) is 7.53. The van der Waals surface area contributed by atoms with Crippen LogP contribution in [-0.4, -0.2) is 10.9 Å². The van der Waals surface area contributed by atoms with Crippen molar-refractivity contribution >= 4 is 28.4 Å². The van der Waals surface area contributed by atoms with Gasteiger partial charge in [0.25, 0.3) is 5.91 Å². The fourth-order valence-electron chi connectivity index (χ4n) is 2.76. The zero-order chi connectivity index (χ0) is 17.8. The average Bonchev–Trinajstić information content (AvgIpc) is 2.62. The minimum Gasteiger partial charge on any atom is -0.360 e. The van der Waals surface area contributed by atoms with Crippen molar-refractivity contribution in [1.29, 1.82) is 0 Å². The lowest BCUT2D eigenvalue weighted by Crippen LogP contribution is -2.28. The molecule has 0 unspecified atom stereocenters. The zero-order valence-corrected chi connectivity index (χ0v) is 14.7. The largest absolute Gasteiger partial charge is 0.360 e. The van der Waals surface area contributed by atoms with Gasteiger partial charge in [-0.05, 0) is 41.8 Å². The van der Waals surface area contributed by atoms with Crippen molar-refractivity contribution < 1.29 is 4.79 Å². The number of aromatic nitrogens is 1. The summed E-state index contributed by atoms with van der Waals surface area (Å²) in [6.45, 7) is 2.43.